The van der Waals surface area contributed by atoms with Crippen LogP contribution in [0.4, 0.5) is 17.6 Å². The second kappa shape index (κ2) is 8.37. The normalized spacial score (nSPS) is 22.0. The zero-order valence-electron chi connectivity index (χ0n) is 13.2. The summed E-state index contributed by atoms with van der Waals surface area (Å²) < 4.78 is 55.8. The standard InChI is InChI=1S/C18H22F4O/c1-2-3-4-5-12-6-8-13(9-7-12)14-10-15(19)17(16(20)11-14)23-18(21)22/h4-5,10-13,18H,2-3,6-9H2,1H3/b5-4+. The Morgan fingerprint density at radius 2 is 1.74 bits per heavy atom. The maximum Gasteiger partial charge on any atom is 0.387 e. The third-order valence-electron chi connectivity index (χ3n) is 4.33. The summed E-state index contributed by atoms with van der Waals surface area (Å²) >= 11 is 0. The summed E-state index contributed by atoms with van der Waals surface area (Å²) in [7, 11) is 0. The number of hydrogen-bond acceptors (Lipinski definition) is 1. The third kappa shape index (κ3) is 4.98. The first-order chi connectivity index (χ1) is 11.0. The van der Waals surface area contributed by atoms with Crippen LogP contribution < -0.4 is 4.74 Å². The number of benzene rings is 1. The van der Waals surface area contributed by atoms with Crippen molar-refractivity contribution < 1.29 is 22.3 Å². The van der Waals surface area contributed by atoms with Crippen molar-refractivity contribution in [2.24, 2.45) is 5.92 Å². The number of alkyl halides is 2. The Hall–Kier alpha value is -1.52. The van der Waals surface area contributed by atoms with Gasteiger partial charge in [0.15, 0.2) is 17.4 Å². The summed E-state index contributed by atoms with van der Waals surface area (Å²) in [6.45, 7) is -1.11. The molecule has 0 saturated heterocycles. The van der Waals surface area contributed by atoms with Gasteiger partial charge in [0.05, 0.1) is 0 Å². The summed E-state index contributed by atoms with van der Waals surface area (Å²) in [6, 6.07) is 2.25. The Morgan fingerprint density at radius 3 is 2.26 bits per heavy atom. The van der Waals surface area contributed by atoms with Crippen molar-refractivity contribution >= 4 is 0 Å². The van der Waals surface area contributed by atoms with E-state index in [1.165, 1.54) is 0 Å². The molecule has 1 aliphatic rings. The first-order valence-corrected chi connectivity index (χ1v) is 8.11. The summed E-state index contributed by atoms with van der Waals surface area (Å²) in [5.41, 5.74) is 0.526. The lowest BCUT2D eigenvalue weighted by Gasteiger charge is -2.27. The molecule has 1 fully saturated rings. The molecule has 1 nitrogen and oxygen atoms in total. The lowest BCUT2D eigenvalue weighted by Crippen LogP contribution is -2.13. The highest BCUT2D eigenvalue weighted by Gasteiger charge is 2.24. The molecule has 0 N–H and O–H groups in total. The first kappa shape index (κ1) is 17.8. The van der Waals surface area contributed by atoms with Gasteiger partial charge in [-0.2, -0.15) is 8.78 Å². The van der Waals surface area contributed by atoms with Gasteiger partial charge in [0.1, 0.15) is 0 Å². The molecule has 1 aliphatic carbocycles. The maximum atomic E-state index is 13.8. The summed E-state index contributed by atoms with van der Waals surface area (Å²) in [4.78, 5) is 0. The second-order valence-corrected chi connectivity index (χ2v) is 6.02. The minimum Gasteiger partial charge on any atom is -0.429 e. The van der Waals surface area contributed by atoms with Crippen LogP contribution in [-0.2, 0) is 0 Å². The van der Waals surface area contributed by atoms with Crippen molar-refractivity contribution in [3.63, 3.8) is 0 Å². The summed E-state index contributed by atoms with van der Waals surface area (Å²) in [6.07, 6.45) is 10.3. The molecule has 0 heterocycles. The number of rotatable bonds is 6. The van der Waals surface area contributed by atoms with Crippen LogP contribution >= 0.6 is 0 Å². The molecule has 1 aromatic carbocycles. The predicted molar refractivity (Wildman–Crippen MR) is 81.7 cm³/mol. The molecule has 23 heavy (non-hydrogen) atoms. The van der Waals surface area contributed by atoms with E-state index < -0.39 is 24.0 Å². The minimum atomic E-state index is -3.24. The second-order valence-electron chi connectivity index (χ2n) is 6.02. The fourth-order valence-corrected chi connectivity index (χ4v) is 3.12. The molecule has 0 bridgehead atoms. The van der Waals surface area contributed by atoms with Crippen LogP contribution in [0, 0.1) is 17.6 Å². The molecule has 1 aromatic rings. The van der Waals surface area contributed by atoms with Gasteiger partial charge in [0, 0.05) is 0 Å². The average Bonchev–Trinajstić information content (AvgIpc) is 2.51. The highest BCUT2D eigenvalue weighted by molar-refractivity contribution is 5.33. The van der Waals surface area contributed by atoms with Gasteiger partial charge in [0.25, 0.3) is 0 Å². The minimum absolute atomic E-state index is 0.0652. The molecule has 0 spiro atoms. The predicted octanol–water partition coefficient (Wildman–Crippen LogP) is 6.20. The maximum absolute atomic E-state index is 13.8. The molecule has 0 radical (unpaired) electrons. The van der Waals surface area contributed by atoms with Crippen LogP contribution in [0.5, 0.6) is 5.75 Å². The van der Waals surface area contributed by atoms with Crippen molar-refractivity contribution in [2.75, 3.05) is 0 Å². The van der Waals surface area contributed by atoms with E-state index >= 15 is 0 Å². The Labute approximate surface area is 134 Å². The van der Waals surface area contributed by atoms with Gasteiger partial charge >= 0.3 is 6.61 Å². The Kier molecular flexibility index (Phi) is 6.48. The highest BCUT2D eigenvalue weighted by Crippen LogP contribution is 2.38. The molecule has 0 amide bonds. The van der Waals surface area contributed by atoms with Gasteiger partial charge in [-0.1, -0.05) is 25.5 Å². The quantitative estimate of drug-likeness (QED) is 0.446. The first-order valence-electron chi connectivity index (χ1n) is 8.11. The monoisotopic (exact) mass is 330 g/mol. The van der Waals surface area contributed by atoms with E-state index in [2.05, 4.69) is 23.8 Å². The van der Waals surface area contributed by atoms with Gasteiger partial charge in [-0.05, 0) is 61.6 Å². The van der Waals surface area contributed by atoms with Gasteiger partial charge in [-0.25, -0.2) is 8.78 Å². The number of hydrogen-bond donors (Lipinski definition) is 0. The highest BCUT2D eigenvalue weighted by atomic mass is 19.3. The number of halogens is 4. The van der Waals surface area contributed by atoms with Gasteiger partial charge < -0.3 is 4.74 Å². The van der Waals surface area contributed by atoms with Crippen LogP contribution in [-0.4, -0.2) is 6.61 Å². The van der Waals surface area contributed by atoms with Crippen LogP contribution in [0.3, 0.4) is 0 Å². The molecule has 5 heteroatoms. The van der Waals surface area contributed by atoms with Crippen molar-refractivity contribution in [3.8, 4) is 5.75 Å². The fourth-order valence-electron chi connectivity index (χ4n) is 3.12. The largest absolute Gasteiger partial charge is 0.429 e. The van der Waals surface area contributed by atoms with Crippen LogP contribution in [0.25, 0.3) is 0 Å². The SMILES string of the molecule is CCC/C=C/C1CCC(c2cc(F)c(OC(F)F)c(F)c2)CC1. The van der Waals surface area contributed by atoms with Gasteiger partial charge in [0.2, 0.25) is 0 Å². The third-order valence-corrected chi connectivity index (χ3v) is 4.33. The Bertz CT molecular complexity index is 511. The lowest BCUT2D eigenvalue weighted by molar-refractivity contribution is -0.0546. The molecule has 0 atom stereocenters. The van der Waals surface area contributed by atoms with E-state index in [0.29, 0.717) is 11.5 Å². The van der Waals surface area contributed by atoms with E-state index in [-0.39, 0.29) is 5.92 Å². The van der Waals surface area contributed by atoms with E-state index in [4.69, 9.17) is 0 Å². The molecule has 0 aliphatic heterocycles. The van der Waals surface area contributed by atoms with E-state index in [1.807, 2.05) is 0 Å². The van der Waals surface area contributed by atoms with E-state index in [0.717, 1.165) is 50.7 Å². The van der Waals surface area contributed by atoms with Crippen molar-refractivity contribution in [3.05, 3.63) is 41.5 Å². The van der Waals surface area contributed by atoms with Crippen LogP contribution in [0.1, 0.15) is 56.9 Å². The Morgan fingerprint density at radius 1 is 1.13 bits per heavy atom. The summed E-state index contributed by atoms with van der Waals surface area (Å²) in [5.74, 6) is -2.54. The fraction of sp³-hybridized carbons (Fsp3) is 0.556. The molecule has 1 saturated carbocycles. The molecule has 0 aromatic heterocycles. The van der Waals surface area contributed by atoms with E-state index in [1.54, 1.807) is 0 Å². The molecular weight excluding hydrogens is 308 g/mol. The summed E-state index contributed by atoms with van der Waals surface area (Å²) in [5, 5.41) is 0. The van der Waals surface area contributed by atoms with E-state index in [9.17, 15) is 17.6 Å². The number of ether oxygens (including phenoxy) is 1. The van der Waals surface area contributed by atoms with Crippen molar-refractivity contribution in [2.45, 2.75) is 58.0 Å². The average molecular weight is 330 g/mol. The molecule has 0 unspecified atom stereocenters. The lowest BCUT2D eigenvalue weighted by atomic mass is 9.78. The van der Waals surface area contributed by atoms with Crippen LogP contribution in [0.15, 0.2) is 24.3 Å². The van der Waals surface area contributed by atoms with Crippen molar-refractivity contribution in [1.29, 1.82) is 0 Å². The smallest absolute Gasteiger partial charge is 0.387 e. The van der Waals surface area contributed by atoms with Crippen LogP contribution in [0.2, 0.25) is 0 Å². The topological polar surface area (TPSA) is 9.23 Å². The Balaban J connectivity index is 2.01. The zero-order chi connectivity index (χ0) is 16.8. The number of unbranched alkanes of at least 4 members (excludes halogenated alkanes) is 1. The molecular formula is C18H22F4O. The molecule has 128 valence electrons. The zero-order valence-corrected chi connectivity index (χ0v) is 13.2. The van der Waals surface area contributed by atoms with Gasteiger partial charge in [-0.3, -0.25) is 0 Å². The number of allylic oxidation sites excluding steroid dienone is 2. The van der Waals surface area contributed by atoms with Crippen molar-refractivity contribution in [1.82, 2.24) is 0 Å². The molecule has 2 rings (SSSR count). The van der Waals surface area contributed by atoms with Gasteiger partial charge in [-0.15, -0.1) is 0 Å².